The summed E-state index contributed by atoms with van der Waals surface area (Å²) in [6.07, 6.45) is 3.79. The molecule has 0 radical (unpaired) electrons. The molecule has 3 N–H and O–H groups in total. The van der Waals surface area contributed by atoms with Crippen molar-refractivity contribution in [1.29, 1.82) is 0 Å². The van der Waals surface area contributed by atoms with Crippen molar-refractivity contribution in [2.45, 2.75) is 46.1 Å². The smallest absolute Gasteiger partial charge is 0.223 e. The van der Waals surface area contributed by atoms with Gasteiger partial charge in [0, 0.05) is 10.9 Å². The fraction of sp³-hybridized carbons (Fsp3) is 0.600. The number of anilines is 2. The van der Waals surface area contributed by atoms with Crippen molar-refractivity contribution in [1.82, 2.24) is 9.97 Å². The van der Waals surface area contributed by atoms with E-state index in [4.69, 9.17) is 5.73 Å². The molecule has 2 heterocycles. The van der Waals surface area contributed by atoms with Crippen LogP contribution in [0.1, 0.15) is 38.0 Å². The quantitative estimate of drug-likeness (QED) is 0.902. The van der Waals surface area contributed by atoms with Gasteiger partial charge < -0.3 is 11.1 Å². The monoisotopic (exact) mass is 290 g/mol. The topological polar surface area (TPSA) is 63.8 Å². The molecule has 0 saturated heterocycles. The summed E-state index contributed by atoms with van der Waals surface area (Å²) >= 11 is 1.67. The summed E-state index contributed by atoms with van der Waals surface area (Å²) in [7, 11) is 0. The van der Waals surface area contributed by atoms with Gasteiger partial charge in [0.1, 0.15) is 10.6 Å². The highest BCUT2D eigenvalue weighted by Gasteiger charge is 2.32. The number of rotatable bonds is 3. The minimum Gasteiger partial charge on any atom is -0.368 e. The number of fused-ring (bicyclic) bond motifs is 1. The molecule has 108 valence electrons. The standard InChI is InChI=1S/C15H22N4S/c1-4-10-5-6-12(9(10)3)17-13-11-7-8(2)20-14(11)19-15(16)18-13/h7,9-10,12H,4-6H2,1-3H3,(H3,16,17,18,19). The first-order chi connectivity index (χ1) is 9.58. The first kappa shape index (κ1) is 13.6. The molecule has 1 aliphatic carbocycles. The fourth-order valence-corrected chi connectivity index (χ4v) is 4.26. The highest BCUT2D eigenvalue weighted by Crippen LogP contribution is 2.37. The Morgan fingerprint density at radius 2 is 2.20 bits per heavy atom. The van der Waals surface area contributed by atoms with Crippen LogP contribution in [0.2, 0.25) is 0 Å². The molecule has 2 aromatic rings. The third kappa shape index (κ3) is 2.35. The van der Waals surface area contributed by atoms with Gasteiger partial charge in [-0.1, -0.05) is 20.3 Å². The number of nitrogens with one attached hydrogen (secondary N) is 1. The SMILES string of the molecule is CCC1CCC(Nc2nc(N)nc3sc(C)cc23)C1C. The van der Waals surface area contributed by atoms with E-state index in [1.807, 2.05) is 0 Å². The third-order valence-electron chi connectivity index (χ3n) is 4.61. The van der Waals surface area contributed by atoms with Crippen molar-refractivity contribution < 1.29 is 0 Å². The summed E-state index contributed by atoms with van der Waals surface area (Å²) in [5.41, 5.74) is 5.84. The van der Waals surface area contributed by atoms with E-state index < -0.39 is 0 Å². The largest absolute Gasteiger partial charge is 0.368 e. The second-order valence-corrected chi connectivity index (χ2v) is 7.10. The third-order valence-corrected chi connectivity index (χ3v) is 5.55. The molecule has 4 nitrogen and oxygen atoms in total. The Kier molecular flexibility index (Phi) is 3.54. The zero-order valence-corrected chi connectivity index (χ0v) is 13.1. The highest BCUT2D eigenvalue weighted by atomic mass is 32.1. The van der Waals surface area contributed by atoms with E-state index in [9.17, 15) is 0 Å². The van der Waals surface area contributed by atoms with Crippen LogP contribution in [0.3, 0.4) is 0 Å². The van der Waals surface area contributed by atoms with Crippen LogP contribution in [0.4, 0.5) is 11.8 Å². The average Bonchev–Trinajstić information content (AvgIpc) is 2.93. The van der Waals surface area contributed by atoms with Crippen LogP contribution in [-0.4, -0.2) is 16.0 Å². The lowest BCUT2D eigenvalue weighted by molar-refractivity contribution is 0.391. The zero-order valence-electron chi connectivity index (χ0n) is 12.3. The van der Waals surface area contributed by atoms with E-state index in [1.165, 1.54) is 24.1 Å². The molecule has 0 amide bonds. The summed E-state index contributed by atoms with van der Waals surface area (Å²) in [6.45, 7) is 6.73. The maximum absolute atomic E-state index is 5.84. The van der Waals surface area contributed by atoms with Gasteiger partial charge in [0.25, 0.3) is 0 Å². The second-order valence-electron chi connectivity index (χ2n) is 5.86. The lowest BCUT2D eigenvalue weighted by Crippen LogP contribution is -2.25. The molecule has 0 aromatic carbocycles. The van der Waals surface area contributed by atoms with Gasteiger partial charge in [0.15, 0.2) is 0 Å². The molecule has 1 aliphatic rings. The Balaban J connectivity index is 1.91. The molecule has 5 heteroatoms. The molecule has 3 unspecified atom stereocenters. The van der Waals surface area contributed by atoms with Crippen LogP contribution in [-0.2, 0) is 0 Å². The summed E-state index contributed by atoms with van der Waals surface area (Å²) in [4.78, 5) is 11.0. The molecule has 2 aromatic heterocycles. The molecule has 1 fully saturated rings. The van der Waals surface area contributed by atoms with Crippen molar-refractivity contribution in [3.63, 3.8) is 0 Å². The molecule has 0 bridgehead atoms. The van der Waals surface area contributed by atoms with E-state index in [0.717, 1.165) is 22.0 Å². The van der Waals surface area contributed by atoms with Crippen molar-refractivity contribution in [3.8, 4) is 0 Å². The lowest BCUT2D eigenvalue weighted by Gasteiger charge is -2.21. The second kappa shape index (κ2) is 5.20. The molecule has 0 aliphatic heterocycles. The van der Waals surface area contributed by atoms with Gasteiger partial charge in [-0.15, -0.1) is 11.3 Å². The Bertz CT molecular complexity index is 622. The van der Waals surface area contributed by atoms with Gasteiger partial charge in [-0.2, -0.15) is 4.98 Å². The number of thiophene rings is 1. The van der Waals surface area contributed by atoms with Gasteiger partial charge in [0.2, 0.25) is 5.95 Å². The maximum atomic E-state index is 5.84. The van der Waals surface area contributed by atoms with Crippen molar-refractivity contribution in [3.05, 3.63) is 10.9 Å². The Hall–Kier alpha value is -1.36. The predicted octanol–water partition coefficient (Wildman–Crippen LogP) is 3.82. The van der Waals surface area contributed by atoms with Gasteiger partial charge >= 0.3 is 0 Å². The summed E-state index contributed by atoms with van der Waals surface area (Å²) in [6, 6.07) is 2.65. The van der Waals surface area contributed by atoms with Crippen LogP contribution < -0.4 is 11.1 Å². The number of nitrogen functional groups attached to an aromatic ring is 1. The Labute approximate surface area is 123 Å². The molecule has 0 spiro atoms. The Morgan fingerprint density at radius 3 is 2.90 bits per heavy atom. The van der Waals surface area contributed by atoms with Gasteiger partial charge in [0.05, 0.1) is 5.39 Å². The summed E-state index contributed by atoms with van der Waals surface area (Å²) in [5, 5.41) is 4.73. The van der Waals surface area contributed by atoms with Crippen molar-refractivity contribution in [2.24, 2.45) is 11.8 Å². The summed E-state index contributed by atoms with van der Waals surface area (Å²) < 4.78 is 0. The first-order valence-corrected chi connectivity index (χ1v) is 8.20. The number of nitrogens with two attached hydrogens (primary N) is 1. The molecule has 1 saturated carbocycles. The molecular weight excluding hydrogens is 268 g/mol. The first-order valence-electron chi connectivity index (χ1n) is 7.38. The van der Waals surface area contributed by atoms with Crippen LogP contribution in [0.15, 0.2) is 6.07 Å². The van der Waals surface area contributed by atoms with E-state index >= 15 is 0 Å². The number of nitrogens with zero attached hydrogens (tertiary/aromatic N) is 2. The minimum atomic E-state index is 0.361. The van der Waals surface area contributed by atoms with E-state index in [-0.39, 0.29) is 0 Å². The highest BCUT2D eigenvalue weighted by molar-refractivity contribution is 7.18. The maximum Gasteiger partial charge on any atom is 0.223 e. The normalized spacial score (nSPS) is 26.2. The fourth-order valence-electron chi connectivity index (χ4n) is 3.37. The average molecular weight is 290 g/mol. The van der Waals surface area contributed by atoms with Crippen LogP contribution in [0.25, 0.3) is 10.2 Å². The molecular formula is C15H22N4S. The zero-order chi connectivity index (χ0) is 14.3. The Morgan fingerprint density at radius 1 is 1.40 bits per heavy atom. The van der Waals surface area contributed by atoms with E-state index in [1.54, 1.807) is 11.3 Å². The minimum absolute atomic E-state index is 0.361. The van der Waals surface area contributed by atoms with Gasteiger partial charge in [-0.3, -0.25) is 0 Å². The van der Waals surface area contributed by atoms with Crippen molar-refractivity contribution >= 4 is 33.3 Å². The summed E-state index contributed by atoms with van der Waals surface area (Å²) in [5.74, 6) is 2.78. The lowest BCUT2D eigenvalue weighted by atomic mass is 9.93. The number of hydrogen-bond donors (Lipinski definition) is 2. The number of hydrogen-bond acceptors (Lipinski definition) is 5. The van der Waals surface area contributed by atoms with Crippen LogP contribution >= 0.6 is 11.3 Å². The van der Waals surface area contributed by atoms with E-state index in [0.29, 0.717) is 17.9 Å². The van der Waals surface area contributed by atoms with Gasteiger partial charge in [-0.05, 0) is 37.7 Å². The van der Waals surface area contributed by atoms with Gasteiger partial charge in [-0.25, -0.2) is 4.98 Å². The van der Waals surface area contributed by atoms with E-state index in [2.05, 4.69) is 42.1 Å². The number of aryl methyl sites for hydroxylation is 1. The molecule has 20 heavy (non-hydrogen) atoms. The predicted molar refractivity (Wildman–Crippen MR) is 86.2 cm³/mol. The molecule has 3 rings (SSSR count). The molecule has 3 atom stereocenters. The van der Waals surface area contributed by atoms with Crippen LogP contribution in [0, 0.1) is 18.8 Å². The van der Waals surface area contributed by atoms with Crippen molar-refractivity contribution in [2.75, 3.05) is 11.1 Å². The van der Waals surface area contributed by atoms with Crippen LogP contribution in [0.5, 0.6) is 0 Å². The number of aromatic nitrogens is 2.